The van der Waals surface area contributed by atoms with Gasteiger partial charge in [-0.15, -0.1) is 0 Å². The summed E-state index contributed by atoms with van der Waals surface area (Å²) in [5.74, 6) is -1.36. The van der Waals surface area contributed by atoms with E-state index in [1.165, 1.54) is 17.7 Å². The molecule has 2 aliphatic rings. The molecule has 0 fully saturated rings. The van der Waals surface area contributed by atoms with Gasteiger partial charge in [0.15, 0.2) is 0 Å². The number of rotatable bonds is 4. The van der Waals surface area contributed by atoms with Gasteiger partial charge in [-0.05, 0) is 90.9 Å². The Hall–Kier alpha value is -3.77. The SMILES string of the molecule is CC1(C)C=CC(O)(c2cnc3c(c2)CCCC3)c2cc(C(=O)Nc3ccc(C(=O)O)cc3)ccc21. The van der Waals surface area contributed by atoms with Gasteiger partial charge < -0.3 is 15.5 Å². The van der Waals surface area contributed by atoms with Crippen LogP contribution in [0.25, 0.3) is 0 Å². The second-order valence-electron chi connectivity index (χ2n) is 9.96. The molecule has 6 nitrogen and oxygen atoms in total. The molecule has 3 N–H and O–H groups in total. The number of fused-ring (bicyclic) bond motifs is 2. The Balaban J connectivity index is 1.52. The predicted molar refractivity (Wildman–Crippen MR) is 134 cm³/mol. The lowest BCUT2D eigenvalue weighted by atomic mass is 9.69. The Labute approximate surface area is 204 Å². The number of aliphatic hydroxyl groups is 1. The Morgan fingerprint density at radius 3 is 2.37 bits per heavy atom. The van der Waals surface area contributed by atoms with E-state index in [1.54, 1.807) is 30.5 Å². The molecule has 0 saturated carbocycles. The number of carbonyl (C=O) groups is 2. The van der Waals surface area contributed by atoms with Crippen molar-refractivity contribution in [1.29, 1.82) is 0 Å². The molecule has 0 radical (unpaired) electrons. The van der Waals surface area contributed by atoms with Crippen LogP contribution in [0.3, 0.4) is 0 Å². The highest BCUT2D eigenvalue weighted by molar-refractivity contribution is 6.04. The average Bonchev–Trinajstić information content (AvgIpc) is 2.86. The highest BCUT2D eigenvalue weighted by Gasteiger charge is 2.40. The van der Waals surface area contributed by atoms with Crippen LogP contribution in [0, 0.1) is 0 Å². The Kier molecular flexibility index (Phi) is 5.56. The minimum atomic E-state index is -1.40. The van der Waals surface area contributed by atoms with Crippen molar-refractivity contribution in [3.63, 3.8) is 0 Å². The van der Waals surface area contributed by atoms with Crippen molar-refractivity contribution >= 4 is 17.6 Å². The van der Waals surface area contributed by atoms with Crippen LogP contribution < -0.4 is 5.32 Å². The number of amides is 1. The van der Waals surface area contributed by atoms with E-state index in [-0.39, 0.29) is 16.9 Å². The summed E-state index contributed by atoms with van der Waals surface area (Å²) >= 11 is 0. The van der Waals surface area contributed by atoms with Crippen LogP contribution in [0.2, 0.25) is 0 Å². The lowest BCUT2D eigenvalue weighted by Gasteiger charge is -2.38. The number of hydrogen-bond donors (Lipinski definition) is 3. The van der Waals surface area contributed by atoms with Gasteiger partial charge in [0.05, 0.1) is 5.56 Å². The number of carbonyl (C=O) groups excluding carboxylic acids is 1. The van der Waals surface area contributed by atoms with E-state index < -0.39 is 11.6 Å². The van der Waals surface area contributed by atoms with E-state index in [2.05, 4.69) is 30.2 Å². The number of hydrogen-bond acceptors (Lipinski definition) is 4. The summed E-state index contributed by atoms with van der Waals surface area (Å²) in [6, 6.07) is 13.5. The van der Waals surface area contributed by atoms with Gasteiger partial charge in [-0.1, -0.05) is 26.0 Å². The second kappa shape index (κ2) is 8.47. The molecule has 2 aromatic carbocycles. The molecule has 5 rings (SSSR count). The molecule has 1 heterocycles. The second-order valence-corrected chi connectivity index (χ2v) is 9.96. The molecule has 0 spiro atoms. The maximum absolute atomic E-state index is 13.1. The summed E-state index contributed by atoms with van der Waals surface area (Å²) in [5, 5.41) is 23.9. The van der Waals surface area contributed by atoms with Crippen LogP contribution in [0.5, 0.6) is 0 Å². The van der Waals surface area contributed by atoms with Gasteiger partial charge >= 0.3 is 5.97 Å². The molecule has 1 amide bonds. The van der Waals surface area contributed by atoms with Gasteiger partial charge in [-0.25, -0.2) is 4.79 Å². The number of aryl methyl sites for hydroxylation is 2. The van der Waals surface area contributed by atoms with E-state index in [9.17, 15) is 14.7 Å². The van der Waals surface area contributed by atoms with Crippen molar-refractivity contribution in [3.8, 4) is 0 Å². The van der Waals surface area contributed by atoms with Crippen LogP contribution in [0.4, 0.5) is 5.69 Å². The van der Waals surface area contributed by atoms with Crippen molar-refractivity contribution in [2.45, 2.75) is 50.5 Å². The molecule has 1 aromatic heterocycles. The van der Waals surface area contributed by atoms with Gasteiger partial charge in [0.25, 0.3) is 5.91 Å². The standard InChI is InChI=1S/C29H28N2O4/c1-28(2)13-14-29(35,21-15-19-5-3-4-6-25(19)30-17-21)24-16-20(9-12-23(24)28)26(32)31-22-10-7-18(8-11-22)27(33)34/h7-17,35H,3-6H2,1-2H3,(H,31,32)(H,33,34). The van der Waals surface area contributed by atoms with Gasteiger partial charge in [-0.2, -0.15) is 0 Å². The van der Waals surface area contributed by atoms with Crippen molar-refractivity contribution in [1.82, 2.24) is 4.98 Å². The lowest BCUT2D eigenvalue weighted by Crippen LogP contribution is -2.35. The highest BCUT2D eigenvalue weighted by atomic mass is 16.4. The normalized spacial score (nSPS) is 20.0. The lowest BCUT2D eigenvalue weighted by molar-refractivity contribution is 0.0696. The average molecular weight is 469 g/mol. The number of aromatic carboxylic acids is 1. The smallest absolute Gasteiger partial charge is 0.335 e. The van der Waals surface area contributed by atoms with Crippen molar-refractivity contribution < 1.29 is 19.8 Å². The molecule has 1 unspecified atom stereocenters. The molecule has 1 atom stereocenters. The number of allylic oxidation sites excluding steroid dienone is 1. The fourth-order valence-corrected chi connectivity index (χ4v) is 5.02. The van der Waals surface area contributed by atoms with Crippen LogP contribution in [0.1, 0.15) is 75.4 Å². The molecular formula is C29H28N2O4. The van der Waals surface area contributed by atoms with E-state index >= 15 is 0 Å². The zero-order valence-electron chi connectivity index (χ0n) is 19.8. The van der Waals surface area contributed by atoms with Crippen LogP contribution >= 0.6 is 0 Å². The third-order valence-corrected chi connectivity index (χ3v) is 7.13. The first kappa shape index (κ1) is 23.0. The number of aromatic nitrogens is 1. The van der Waals surface area contributed by atoms with E-state index in [0.717, 1.165) is 36.9 Å². The van der Waals surface area contributed by atoms with E-state index in [4.69, 9.17) is 5.11 Å². The van der Waals surface area contributed by atoms with Gasteiger partial charge in [0.2, 0.25) is 0 Å². The minimum Gasteiger partial charge on any atom is -0.478 e. The first-order valence-corrected chi connectivity index (χ1v) is 11.9. The Morgan fingerprint density at radius 1 is 0.914 bits per heavy atom. The summed E-state index contributed by atoms with van der Waals surface area (Å²) in [7, 11) is 0. The zero-order chi connectivity index (χ0) is 24.8. The quantitative estimate of drug-likeness (QED) is 0.468. The fraction of sp³-hybridized carbons (Fsp3) is 0.276. The summed E-state index contributed by atoms with van der Waals surface area (Å²) in [5.41, 5.74) is 3.93. The zero-order valence-corrected chi connectivity index (χ0v) is 19.8. The molecule has 6 heteroatoms. The Morgan fingerprint density at radius 2 is 1.63 bits per heavy atom. The highest BCUT2D eigenvalue weighted by Crippen LogP contribution is 2.44. The van der Waals surface area contributed by atoms with E-state index in [1.807, 2.05) is 18.2 Å². The molecule has 0 bridgehead atoms. The fourth-order valence-electron chi connectivity index (χ4n) is 5.02. The Bertz CT molecular complexity index is 1360. The molecule has 3 aromatic rings. The number of pyridine rings is 1. The summed E-state index contributed by atoms with van der Waals surface area (Å²) in [4.78, 5) is 28.8. The number of anilines is 1. The third kappa shape index (κ3) is 4.15. The molecule has 35 heavy (non-hydrogen) atoms. The van der Waals surface area contributed by atoms with Crippen LogP contribution in [-0.4, -0.2) is 27.1 Å². The topological polar surface area (TPSA) is 99.5 Å². The summed E-state index contributed by atoms with van der Waals surface area (Å²) in [6.45, 7) is 4.16. The molecule has 2 aliphatic carbocycles. The van der Waals surface area contributed by atoms with Crippen molar-refractivity contribution in [3.05, 3.63) is 106 Å². The van der Waals surface area contributed by atoms with Crippen molar-refractivity contribution in [2.24, 2.45) is 0 Å². The first-order valence-electron chi connectivity index (χ1n) is 11.9. The number of nitrogens with one attached hydrogen (secondary N) is 1. The van der Waals surface area contributed by atoms with Crippen molar-refractivity contribution in [2.75, 3.05) is 5.32 Å². The monoisotopic (exact) mass is 468 g/mol. The number of benzene rings is 2. The number of nitrogens with zero attached hydrogens (tertiary/aromatic N) is 1. The maximum atomic E-state index is 13.1. The number of carboxylic acids is 1. The minimum absolute atomic E-state index is 0.148. The molecule has 0 aliphatic heterocycles. The molecule has 178 valence electrons. The first-order chi connectivity index (χ1) is 16.7. The van der Waals surface area contributed by atoms with Gasteiger partial charge in [-0.3, -0.25) is 9.78 Å². The maximum Gasteiger partial charge on any atom is 0.335 e. The van der Waals surface area contributed by atoms with Gasteiger partial charge in [0.1, 0.15) is 5.60 Å². The summed E-state index contributed by atoms with van der Waals surface area (Å²) < 4.78 is 0. The largest absolute Gasteiger partial charge is 0.478 e. The van der Waals surface area contributed by atoms with Crippen LogP contribution in [-0.2, 0) is 23.9 Å². The summed E-state index contributed by atoms with van der Waals surface area (Å²) in [6.07, 6.45) is 9.76. The van der Waals surface area contributed by atoms with E-state index in [0.29, 0.717) is 22.4 Å². The van der Waals surface area contributed by atoms with Gasteiger partial charge in [0, 0.05) is 34.1 Å². The molecular weight excluding hydrogens is 440 g/mol. The predicted octanol–water partition coefficient (Wildman–Crippen LogP) is 4.99. The third-order valence-electron chi connectivity index (χ3n) is 7.13. The van der Waals surface area contributed by atoms with Crippen LogP contribution in [0.15, 0.2) is 66.9 Å². The number of carboxylic acid groups (broad SMARTS) is 1. The molecule has 0 saturated heterocycles.